The number of likely N-dealkylation sites (N-methyl/N-ethyl adjacent to an activating group) is 1. The molecule has 0 aliphatic heterocycles. The molecule has 0 aromatic rings. The zero-order valence-electron chi connectivity index (χ0n) is 6.68. The van der Waals surface area contributed by atoms with Gasteiger partial charge in [-0.2, -0.15) is 5.43 Å². The molecule has 0 aliphatic carbocycles. The summed E-state index contributed by atoms with van der Waals surface area (Å²) in [5.41, 5.74) is 3.12. The smallest absolute Gasteiger partial charge is 0.118 e. The van der Waals surface area contributed by atoms with Crippen LogP contribution in [0, 0.1) is 0 Å². The van der Waals surface area contributed by atoms with Crippen molar-refractivity contribution in [2.75, 3.05) is 40.5 Å². The Bertz CT molecular complexity index is 70.8. The molecule has 0 fully saturated rings. The Morgan fingerprint density at radius 2 is 2.30 bits per heavy atom. The SMILES string of the molecule is COCCN[NH+](C)CCO. The van der Waals surface area contributed by atoms with Crippen molar-refractivity contribution >= 4 is 0 Å². The maximum absolute atomic E-state index is 8.50. The highest BCUT2D eigenvalue weighted by Gasteiger charge is 1.96. The molecule has 0 bridgehead atoms. The van der Waals surface area contributed by atoms with Crippen molar-refractivity contribution in [1.29, 1.82) is 0 Å². The Hall–Kier alpha value is -0.160. The fourth-order valence-electron chi connectivity index (χ4n) is 0.623. The van der Waals surface area contributed by atoms with Crippen LogP contribution in [0.25, 0.3) is 0 Å². The molecule has 1 atom stereocenters. The molecule has 4 nitrogen and oxygen atoms in total. The molecule has 0 aliphatic rings. The summed E-state index contributed by atoms with van der Waals surface area (Å²) in [4.78, 5) is 0. The lowest BCUT2D eigenvalue weighted by Gasteiger charge is -2.12. The molecule has 0 radical (unpaired) electrons. The maximum Gasteiger partial charge on any atom is 0.118 e. The predicted molar refractivity (Wildman–Crippen MR) is 38.7 cm³/mol. The van der Waals surface area contributed by atoms with Crippen LogP contribution in [0.3, 0.4) is 0 Å². The molecule has 10 heavy (non-hydrogen) atoms. The van der Waals surface area contributed by atoms with E-state index < -0.39 is 0 Å². The molecular formula is C6H17N2O2+. The Morgan fingerprint density at radius 1 is 1.60 bits per heavy atom. The Morgan fingerprint density at radius 3 is 2.80 bits per heavy atom. The van der Waals surface area contributed by atoms with Crippen LogP contribution in [0.15, 0.2) is 0 Å². The van der Waals surface area contributed by atoms with E-state index in [0.717, 1.165) is 18.1 Å². The summed E-state index contributed by atoms with van der Waals surface area (Å²) in [6.45, 7) is 2.47. The van der Waals surface area contributed by atoms with Gasteiger partial charge in [-0.1, -0.05) is 0 Å². The van der Waals surface area contributed by atoms with E-state index in [1.54, 1.807) is 7.11 Å². The van der Waals surface area contributed by atoms with Crippen molar-refractivity contribution in [3.63, 3.8) is 0 Å². The van der Waals surface area contributed by atoms with E-state index in [1.807, 2.05) is 7.05 Å². The Balaban J connectivity index is 2.97. The van der Waals surface area contributed by atoms with Gasteiger partial charge < -0.3 is 9.84 Å². The van der Waals surface area contributed by atoms with Crippen LogP contribution in [0.1, 0.15) is 0 Å². The van der Waals surface area contributed by atoms with Crippen LogP contribution in [-0.2, 0) is 4.74 Å². The van der Waals surface area contributed by atoms with Crippen molar-refractivity contribution in [2.45, 2.75) is 0 Å². The number of methoxy groups -OCH3 is 1. The van der Waals surface area contributed by atoms with Gasteiger partial charge in [-0.3, -0.25) is 5.01 Å². The van der Waals surface area contributed by atoms with Gasteiger partial charge in [0, 0.05) is 7.11 Å². The zero-order valence-corrected chi connectivity index (χ0v) is 6.68. The van der Waals surface area contributed by atoms with Gasteiger partial charge >= 0.3 is 0 Å². The standard InChI is InChI=1S/C6H16N2O2/c1-8(4-5-9)7-3-6-10-2/h7,9H,3-6H2,1-2H3/p+1. The largest absolute Gasteiger partial charge is 0.390 e. The van der Waals surface area contributed by atoms with Gasteiger partial charge in [0.2, 0.25) is 0 Å². The van der Waals surface area contributed by atoms with Crippen LogP contribution < -0.4 is 10.4 Å². The lowest BCUT2D eigenvalue weighted by molar-refractivity contribution is -0.926. The molecule has 0 aromatic carbocycles. The molecule has 0 aromatic heterocycles. The second-order valence-electron chi connectivity index (χ2n) is 2.17. The molecule has 4 heteroatoms. The Kier molecular flexibility index (Phi) is 6.84. The minimum atomic E-state index is 0.214. The maximum atomic E-state index is 8.50. The highest BCUT2D eigenvalue weighted by atomic mass is 16.5. The van der Waals surface area contributed by atoms with E-state index in [1.165, 1.54) is 0 Å². The van der Waals surface area contributed by atoms with Crippen molar-refractivity contribution in [1.82, 2.24) is 5.43 Å². The van der Waals surface area contributed by atoms with Crippen LogP contribution in [0.4, 0.5) is 0 Å². The minimum Gasteiger partial charge on any atom is -0.390 e. The second-order valence-corrected chi connectivity index (χ2v) is 2.17. The summed E-state index contributed by atoms with van der Waals surface area (Å²) in [5, 5.41) is 9.61. The van der Waals surface area contributed by atoms with E-state index in [-0.39, 0.29) is 6.61 Å². The fraction of sp³-hybridized carbons (Fsp3) is 1.00. The quantitative estimate of drug-likeness (QED) is 0.292. The van der Waals surface area contributed by atoms with Crippen LogP contribution in [0.5, 0.6) is 0 Å². The topological polar surface area (TPSA) is 45.9 Å². The predicted octanol–water partition coefficient (Wildman–Crippen LogP) is -2.36. The van der Waals surface area contributed by atoms with Gasteiger partial charge in [-0.05, 0) is 0 Å². The van der Waals surface area contributed by atoms with Gasteiger partial charge in [-0.15, -0.1) is 0 Å². The van der Waals surface area contributed by atoms with E-state index in [2.05, 4.69) is 5.43 Å². The molecule has 0 saturated carbocycles. The molecule has 62 valence electrons. The second kappa shape index (κ2) is 6.95. The third-order valence-electron chi connectivity index (χ3n) is 1.22. The summed E-state index contributed by atoms with van der Waals surface area (Å²) in [5.74, 6) is 0. The number of quaternary nitrogens is 1. The van der Waals surface area contributed by atoms with Gasteiger partial charge in [0.05, 0.1) is 26.8 Å². The highest BCUT2D eigenvalue weighted by Crippen LogP contribution is 1.57. The molecule has 0 amide bonds. The van der Waals surface area contributed by atoms with Gasteiger partial charge in [0.15, 0.2) is 0 Å². The van der Waals surface area contributed by atoms with Crippen molar-refractivity contribution < 1.29 is 14.9 Å². The first-order valence-corrected chi connectivity index (χ1v) is 3.47. The average Bonchev–Trinajstić information content (AvgIpc) is 1.89. The molecule has 3 N–H and O–H groups in total. The summed E-state index contributed by atoms with van der Waals surface area (Å²) in [6.07, 6.45) is 0. The van der Waals surface area contributed by atoms with Gasteiger partial charge in [0.25, 0.3) is 0 Å². The number of aliphatic hydroxyl groups is 1. The lowest BCUT2D eigenvalue weighted by atomic mass is 10.6. The number of ether oxygens (including phenoxy) is 1. The number of hydrogen-bond acceptors (Lipinski definition) is 3. The third kappa shape index (κ3) is 5.97. The average molecular weight is 149 g/mol. The Labute approximate surface area is 61.8 Å². The third-order valence-corrected chi connectivity index (χ3v) is 1.22. The first-order chi connectivity index (χ1) is 4.81. The van der Waals surface area contributed by atoms with Gasteiger partial charge in [-0.25, -0.2) is 0 Å². The van der Waals surface area contributed by atoms with Gasteiger partial charge in [0.1, 0.15) is 6.54 Å². The molecule has 1 unspecified atom stereocenters. The number of rotatable bonds is 6. The first kappa shape index (κ1) is 9.84. The van der Waals surface area contributed by atoms with Crippen LogP contribution >= 0.6 is 0 Å². The highest BCUT2D eigenvalue weighted by molar-refractivity contribution is 4.27. The molecule has 0 heterocycles. The van der Waals surface area contributed by atoms with Crippen LogP contribution in [-0.4, -0.2) is 45.6 Å². The summed E-state index contributed by atoms with van der Waals surface area (Å²) in [7, 11) is 3.63. The van der Waals surface area contributed by atoms with E-state index in [9.17, 15) is 0 Å². The lowest BCUT2D eigenvalue weighted by Crippen LogP contribution is -3.16. The zero-order chi connectivity index (χ0) is 7.82. The van der Waals surface area contributed by atoms with Crippen LogP contribution in [0.2, 0.25) is 0 Å². The molecule has 0 spiro atoms. The summed E-state index contributed by atoms with van der Waals surface area (Å²) < 4.78 is 4.83. The monoisotopic (exact) mass is 149 g/mol. The van der Waals surface area contributed by atoms with Crippen molar-refractivity contribution in [3.8, 4) is 0 Å². The van der Waals surface area contributed by atoms with Crippen molar-refractivity contribution in [3.05, 3.63) is 0 Å². The number of nitrogens with one attached hydrogen (secondary N) is 2. The van der Waals surface area contributed by atoms with E-state index >= 15 is 0 Å². The molecule has 0 rings (SSSR count). The summed E-state index contributed by atoms with van der Waals surface area (Å²) in [6, 6.07) is 0. The van der Waals surface area contributed by atoms with E-state index in [4.69, 9.17) is 9.84 Å². The normalized spacial score (nSPS) is 13.5. The van der Waals surface area contributed by atoms with Crippen molar-refractivity contribution in [2.24, 2.45) is 0 Å². The van der Waals surface area contributed by atoms with E-state index in [0.29, 0.717) is 6.61 Å². The summed E-state index contributed by atoms with van der Waals surface area (Å²) >= 11 is 0. The number of hydrogen-bond donors (Lipinski definition) is 3. The number of aliphatic hydroxyl groups excluding tert-OH is 1. The molecular weight excluding hydrogens is 132 g/mol. The fourth-order valence-corrected chi connectivity index (χ4v) is 0.623. The molecule has 0 saturated heterocycles. The first-order valence-electron chi connectivity index (χ1n) is 3.47. The minimum absolute atomic E-state index is 0.214.